The minimum atomic E-state index is -0.328. The highest BCUT2D eigenvalue weighted by Gasteiger charge is 2.42. The van der Waals surface area contributed by atoms with Crippen molar-refractivity contribution in [1.82, 2.24) is 9.80 Å². The van der Waals surface area contributed by atoms with Crippen LogP contribution in [0.4, 0.5) is 0 Å². The third-order valence-electron chi connectivity index (χ3n) is 3.91. The predicted octanol–water partition coefficient (Wildman–Crippen LogP) is -0.669. The third kappa shape index (κ3) is 2.25. The summed E-state index contributed by atoms with van der Waals surface area (Å²) < 4.78 is 0. The van der Waals surface area contributed by atoms with Gasteiger partial charge in [-0.25, -0.2) is 0 Å². The van der Waals surface area contributed by atoms with Gasteiger partial charge >= 0.3 is 0 Å². The van der Waals surface area contributed by atoms with Gasteiger partial charge in [-0.1, -0.05) is 0 Å². The Morgan fingerprint density at radius 2 is 1.94 bits per heavy atom. The summed E-state index contributed by atoms with van der Waals surface area (Å²) in [7, 11) is 0. The zero-order valence-corrected chi connectivity index (χ0v) is 10.6. The lowest BCUT2D eigenvalue weighted by molar-refractivity contribution is -0.139. The lowest BCUT2D eigenvalue weighted by atomic mass is 9.95. The van der Waals surface area contributed by atoms with E-state index in [1.165, 1.54) is 4.90 Å². The Bertz CT molecular complexity index is 375. The first-order valence-corrected chi connectivity index (χ1v) is 6.42. The first-order chi connectivity index (χ1) is 8.54. The van der Waals surface area contributed by atoms with E-state index < -0.39 is 0 Å². The molecular formula is C12H19N3O3. The number of amides is 3. The Labute approximate surface area is 106 Å². The van der Waals surface area contributed by atoms with Gasteiger partial charge in [-0.05, 0) is 32.9 Å². The van der Waals surface area contributed by atoms with Crippen LogP contribution in [-0.4, -0.2) is 53.2 Å². The quantitative estimate of drug-likeness (QED) is 0.676. The predicted molar refractivity (Wildman–Crippen MR) is 64.3 cm³/mol. The molecule has 2 rings (SSSR count). The van der Waals surface area contributed by atoms with Crippen molar-refractivity contribution in [2.45, 2.75) is 32.2 Å². The van der Waals surface area contributed by atoms with Crippen molar-refractivity contribution in [2.75, 3.05) is 19.6 Å². The zero-order valence-electron chi connectivity index (χ0n) is 10.6. The van der Waals surface area contributed by atoms with Crippen molar-refractivity contribution in [3.05, 3.63) is 0 Å². The number of likely N-dealkylation sites (N-methyl/N-ethyl adjacent to an activating group) is 1. The molecule has 2 aliphatic rings. The number of nitrogens with zero attached hydrogens (tertiary/aromatic N) is 2. The highest BCUT2D eigenvalue weighted by molar-refractivity contribution is 6.05. The maximum Gasteiger partial charge on any atom is 0.247 e. The van der Waals surface area contributed by atoms with E-state index in [0.29, 0.717) is 32.5 Å². The first kappa shape index (κ1) is 13.0. The fourth-order valence-electron chi connectivity index (χ4n) is 2.78. The molecule has 2 saturated heterocycles. The number of carbonyl (C=O) groups excluding carboxylic acids is 3. The summed E-state index contributed by atoms with van der Waals surface area (Å²) in [5.74, 6) is -0.543. The van der Waals surface area contributed by atoms with Crippen LogP contribution >= 0.6 is 0 Å². The van der Waals surface area contributed by atoms with Crippen molar-refractivity contribution >= 4 is 17.7 Å². The number of piperidine rings is 1. The molecule has 0 saturated carbocycles. The van der Waals surface area contributed by atoms with E-state index in [4.69, 9.17) is 5.73 Å². The molecule has 100 valence electrons. The second-order valence-corrected chi connectivity index (χ2v) is 4.91. The van der Waals surface area contributed by atoms with Gasteiger partial charge in [-0.3, -0.25) is 24.2 Å². The lowest BCUT2D eigenvalue weighted by Gasteiger charge is -2.33. The third-order valence-corrected chi connectivity index (χ3v) is 3.91. The number of imide groups is 1. The van der Waals surface area contributed by atoms with Crippen molar-refractivity contribution in [3.63, 3.8) is 0 Å². The molecule has 0 aliphatic carbocycles. The zero-order chi connectivity index (χ0) is 13.3. The summed E-state index contributed by atoms with van der Waals surface area (Å²) in [6.45, 7) is 3.56. The van der Waals surface area contributed by atoms with Crippen LogP contribution in [0.25, 0.3) is 0 Å². The van der Waals surface area contributed by atoms with Gasteiger partial charge in [0.05, 0.1) is 12.5 Å². The van der Waals surface area contributed by atoms with Gasteiger partial charge in [0.15, 0.2) is 0 Å². The van der Waals surface area contributed by atoms with Gasteiger partial charge in [0.1, 0.15) is 0 Å². The standard InChI is InChI=1S/C12H19N3O3/c1-2-15-10(16)7-9(12(15)18)14-5-3-8(4-6-14)11(13)17/h8-9H,2-7H2,1H3,(H2,13,17). The van der Waals surface area contributed by atoms with Gasteiger partial charge < -0.3 is 5.73 Å². The molecule has 2 aliphatic heterocycles. The smallest absolute Gasteiger partial charge is 0.247 e. The van der Waals surface area contributed by atoms with Crippen LogP contribution < -0.4 is 5.73 Å². The molecule has 0 aromatic rings. The normalized spacial score (nSPS) is 26.9. The SMILES string of the molecule is CCN1C(=O)CC(N2CCC(C(N)=O)CC2)C1=O. The van der Waals surface area contributed by atoms with Crippen LogP contribution in [0.2, 0.25) is 0 Å². The highest BCUT2D eigenvalue weighted by atomic mass is 16.2. The number of carbonyl (C=O) groups is 3. The van der Waals surface area contributed by atoms with Gasteiger partial charge in [0.25, 0.3) is 0 Å². The van der Waals surface area contributed by atoms with Crippen LogP contribution in [0.5, 0.6) is 0 Å². The maximum absolute atomic E-state index is 12.0. The fourth-order valence-corrected chi connectivity index (χ4v) is 2.78. The van der Waals surface area contributed by atoms with E-state index in [0.717, 1.165) is 0 Å². The van der Waals surface area contributed by atoms with Crippen molar-refractivity contribution in [1.29, 1.82) is 0 Å². The van der Waals surface area contributed by atoms with Crippen LogP contribution in [0, 0.1) is 5.92 Å². The van der Waals surface area contributed by atoms with E-state index >= 15 is 0 Å². The Kier molecular flexibility index (Phi) is 3.65. The van der Waals surface area contributed by atoms with Crippen molar-refractivity contribution < 1.29 is 14.4 Å². The Hall–Kier alpha value is -1.43. The van der Waals surface area contributed by atoms with Gasteiger partial charge in [-0.15, -0.1) is 0 Å². The monoisotopic (exact) mass is 253 g/mol. The molecule has 0 bridgehead atoms. The molecule has 18 heavy (non-hydrogen) atoms. The van der Waals surface area contributed by atoms with Crippen LogP contribution in [0.3, 0.4) is 0 Å². The number of likely N-dealkylation sites (tertiary alicyclic amines) is 2. The number of hydrogen-bond donors (Lipinski definition) is 1. The van der Waals surface area contributed by atoms with Gasteiger partial charge in [-0.2, -0.15) is 0 Å². The molecule has 2 fully saturated rings. The largest absolute Gasteiger partial charge is 0.369 e. The second-order valence-electron chi connectivity index (χ2n) is 4.91. The summed E-state index contributed by atoms with van der Waals surface area (Å²) >= 11 is 0. The summed E-state index contributed by atoms with van der Waals surface area (Å²) in [6, 6.07) is -0.328. The van der Waals surface area contributed by atoms with E-state index in [-0.39, 0.29) is 36.1 Å². The molecule has 0 radical (unpaired) electrons. The molecule has 1 unspecified atom stereocenters. The molecule has 0 aromatic carbocycles. The molecule has 6 heteroatoms. The molecule has 6 nitrogen and oxygen atoms in total. The van der Waals surface area contributed by atoms with Crippen LogP contribution in [0.15, 0.2) is 0 Å². The summed E-state index contributed by atoms with van der Waals surface area (Å²) in [5.41, 5.74) is 5.27. The number of hydrogen-bond acceptors (Lipinski definition) is 4. The molecular weight excluding hydrogens is 234 g/mol. The van der Waals surface area contributed by atoms with Gasteiger partial charge in [0, 0.05) is 12.5 Å². The molecule has 3 amide bonds. The summed E-state index contributed by atoms with van der Waals surface area (Å²) in [6.07, 6.45) is 1.63. The molecule has 1 atom stereocenters. The van der Waals surface area contributed by atoms with Crippen LogP contribution in [0.1, 0.15) is 26.2 Å². The average Bonchev–Trinajstić information content (AvgIpc) is 2.64. The summed E-state index contributed by atoms with van der Waals surface area (Å²) in [5, 5.41) is 0. The van der Waals surface area contributed by atoms with E-state index in [2.05, 4.69) is 0 Å². The minimum absolute atomic E-state index is 0.0873. The number of nitrogens with two attached hydrogens (primary N) is 1. The Balaban J connectivity index is 1.97. The maximum atomic E-state index is 12.0. The highest BCUT2D eigenvalue weighted by Crippen LogP contribution is 2.24. The van der Waals surface area contributed by atoms with Crippen molar-refractivity contribution in [2.24, 2.45) is 11.7 Å². The average molecular weight is 253 g/mol. The van der Waals surface area contributed by atoms with E-state index in [1.54, 1.807) is 6.92 Å². The number of rotatable bonds is 3. The lowest BCUT2D eigenvalue weighted by Crippen LogP contribution is -2.47. The Morgan fingerprint density at radius 1 is 1.33 bits per heavy atom. The molecule has 0 spiro atoms. The molecule has 2 N–H and O–H groups in total. The molecule has 0 aromatic heterocycles. The molecule has 2 heterocycles. The van der Waals surface area contributed by atoms with Crippen LogP contribution in [-0.2, 0) is 14.4 Å². The van der Waals surface area contributed by atoms with E-state index in [9.17, 15) is 14.4 Å². The minimum Gasteiger partial charge on any atom is -0.369 e. The first-order valence-electron chi connectivity index (χ1n) is 6.42. The Morgan fingerprint density at radius 3 is 2.39 bits per heavy atom. The second kappa shape index (κ2) is 5.06. The van der Waals surface area contributed by atoms with Gasteiger partial charge in [0.2, 0.25) is 17.7 Å². The number of primary amides is 1. The van der Waals surface area contributed by atoms with E-state index in [1.807, 2.05) is 4.90 Å². The topological polar surface area (TPSA) is 83.7 Å². The summed E-state index contributed by atoms with van der Waals surface area (Å²) in [4.78, 5) is 38.1. The fraction of sp³-hybridized carbons (Fsp3) is 0.750. The van der Waals surface area contributed by atoms with Crippen molar-refractivity contribution in [3.8, 4) is 0 Å².